The maximum atomic E-state index is 13.8. The van der Waals surface area contributed by atoms with Crippen molar-refractivity contribution in [2.75, 3.05) is 112 Å². The van der Waals surface area contributed by atoms with Crippen molar-refractivity contribution >= 4 is 53.2 Å². The third kappa shape index (κ3) is 35.5. The normalized spacial score (nSPS) is 27.9. The Morgan fingerprint density at radius 1 is 0.411 bits per heavy atom. The van der Waals surface area contributed by atoms with Gasteiger partial charge in [0.05, 0.1) is 97.6 Å². The number of aliphatic hydroxyl groups excluding tert-OH is 10. The van der Waals surface area contributed by atoms with Gasteiger partial charge in [0, 0.05) is 66.2 Å². The van der Waals surface area contributed by atoms with E-state index in [0.717, 1.165) is 38.5 Å². The lowest BCUT2D eigenvalue weighted by molar-refractivity contribution is -0.272. The van der Waals surface area contributed by atoms with Gasteiger partial charge in [0.2, 0.25) is 53.2 Å². The minimum Gasteiger partial charge on any atom is -0.394 e. The van der Waals surface area contributed by atoms with Crippen LogP contribution in [0.25, 0.3) is 0 Å². The van der Waals surface area contributed by atoms with Gasteiger partial charge in [-0.05, 0) is 59.3 Å². The summed E-state index contributed by atoms with van der Waals surface area (Å²) < 4.78 is 62.1. The highest BCUT2D eigenvalue weighted by atomic mass is 16.7. The third-order valence-corrected chi connectivity index (χ3v) is 17.7. The Kier molecular flexibility index (Phi) is 44.7. The van der Waals surface area contributed by atoms with Crippen LogP contribution in [0.3, 0.4) is 0 Å². The predicted octanol–water partition coefficient (Wildman–Crippen LogP) is -6.85. The lowest BCUT2D eigenvalue weighted by Crippen LogP contribution is -2.64. The van der Waals surface area contributed by atoms with Crippen molar-refractivity contribution in [3.63, 3.8) is 0 Å². The van der Waals surface area contributed by atoms with E-state index in [2.05, 4.69) is 47.9 Å². The van der Waals surface area contributed by atoms with Gasteiger partial charge in [-0.3, -0.25) is 43.2 Å². The quantitative estimate of drug-likeness (QED) is 0.0252. The first-order valence-electron chi connectivity index (χ1n) is 36.9. The number of ether oxygens (including phenoxy) is 11. The summed E-state index contributed by atoms with van der Waals surface area (Å²) in [4.78, 5) is 117. The zero-order valence-electron chi connectivity index (χ0n) is 62.3. The van der Waals surface area contributed by atoms with Gasteiger partial charge in [-0.25, -0.2) is 0 Å². The van der Waals surface area contributed by atoms with E-state index in [1.165, 1.54) is 20.8 Å². The average molecular weight is 1540 g/mol. The van der Waals surface area contributed by atoms with Crippen molar-refractivity contribution in [1.82, 2.24) is 47.9 Å². The Morgan fingerprint density at radius 2 is 0.785 bits per heavy atom. The maximum absolute atomic E-state index is 13.8. The number of aliphatic hydroxyl groups is 10. The van der Waals surface area contributed by atoms with Crippen LogP contribution in [-0.4, -0.2) is 344 Å². The Balaban J connectivity index is 1.32. The Hall–Kier alpha value is -5.61. The van der Waals surface area contributed by atoms with E-state index in [1.54, 1.807) is 0 Å². The minimum absolute atomic E-state index is 0.0225. The monoisotopic (exact) mass is 1540 g/mol. The van der Waals surface area contributed by atoms with Gasteiger partial charge in [-0.2, -0.15) is 0 Å². The zero-order valence-corrected chi connectivity index (χ0v) is 62.3. The molecule has 618 valence electrons. The van der Waals surface area contributed by atoms with E-state index in [0.29, 0.717) is 32.2 Å². The second-order valence-corrected chi connectivity index (χ2v) is 27.6. The van der Waals surface area contributed by atoms with Crippen LogP contribution in [0.2, 0.25) is 0 Å². The van der Waals surface area contributed by atoms with Crippen LogP contribution in [0.4, 0.5) is 0 Å². The molecule has 4 heterocycles. The van der Waals surface area contributed by atoms with Crippen molar-refractivity contribution < 1.29 is 146 Å². The summed E-state index contributed by atoms with van der Waals surface area (Å²) in [6, 6.07) is -6.17. The van der Waals surface area contributed by atoms with Crippen LogP contribution in [0.15, 0.2) is 0 Å². The molecular weight excluding hydrogens is 1420 g/mol. The highest BCUT2D eigenvalue weighted by Crippen LogP contribution is 2.27. The van der Waals surface area contributed by atoms with Crippen LogP contribution < -0.4 is 47.9 Å². The smallest absolute Gasteiger partial charge is 0.249 e. The number of carbonyl (C=O) groups excluding carboxylic acids is 9. The number of amides is 9. The molecule has 0 aromatic rings. The van der Waals surface area contributed by atoms with Crippen molar-refractivity contribution in [3.05, 3.63) is 0 Å². The van der Waals surface area contributed by atoms with Gasteiger partial charge < -0.3 is 151 Å². The number of nitrogens with one attached hydrogen (secondary N) is 9. The summed E-state index contributed by atoms with van der Waals surface area (Å²) in [5.74, 6) is -5.02. The lowest BCUT2D eigenvalue weighted by atomic mass is 9.97. The Morgan fingerprint density at radius 3 is 1.18 bits per heavy atom. The Bertz CT molecular complexity index is 2640. The molecule has 4 rings (SSSR count). The summed E-state index contributed by atoms with van der Waals surface area (Å²) in [5, 5.41) is 126. The molecule has 39 heteroatoms. The van der Waals surface area contributed by atoms with Crippen LogP contribution >= 0.6 is 0 Å². The summed E-state index contributed by atoms with van der Waals surface area (Å²) >= 11 is 0. The van der Waals surface area contributed by atoms with Gasteiger partial charge >= 0.3 is 0 Å². The van der Waals surface area contributed by atoms with Crippen LogP contribution in [0, 0.1) is 0 Å². The molecular formula is C68H121N9O30. The summed E-state index contributed by atoms with van der Waals surface area (Å²) in [6.07, 6.45) is -12.5. The van der Waals surface area contributed by atoms with Crippen LogP contribution in [0.1, 0.15) is 138 Å². The average Bonchev–Trinajstić information content (AvgIpc) is 0.818. The van der Waals surface area contributed by atoms with Gasteiger partial charge in [0.25, 0.3) is 0 Å². The number of rotatable bonds is 51. The molecule has 0 aromatic heterocycles. The third-order valence-electron chi connectivity index (χ3n) is 17.7. The fourth-order valence-electron chi connectivity index (χ4n) is 11.9. The van der Waals surface area contributed by atoms with Gasteiger partial charge in [0.1, 0.15) is 97.4 Å². The molecule has 0 aromatic carbocycles. The molecule has 20 atom stereocenters. The molecule has 15 unspecified atom stereocenters. The highest BCUT2D eigenvalue weighted by Gasteiger charge is 2.48. The maximum Gasteiger partial charge on any atom is 0.249 e. The highest BCUT2D eigenvalue weighted by molar-refractivity contribution is 5.90. The first-order valence-corrected chi connectivity index (χ1v) is 36.9. The number of hydrogen-bond acceptors (Lipinski definition) is 30. The van der Waals surface area contributed by atoms with Gasteiger partial charge in [-0.1, -0.05) is 38.5 Å². The van der Waals surface area contributed by atoms with Gasteiger partial charge in [-0.15, -0.1) is 0 Å². The topological polar surface area (TPSA) is 566 Å². The SMILES string of the molecule is CC(=O)NC1C(OCCOCCNC(=O)CC[C@H](NC(=O)CC[C@H](NC(=O)CCCCCCCCCCNC(=O)[C@@H]2CC[C@H](O)[C@@H](COC(C)(C)C)O2)C(=O)NCCOCCOC2OC(CO)C(O)C(O)C2NC(C)=O)C(=O)NCCOCCOC2OC(CO)C(O)C(O)C2NC(C)=O)OC(CO)C(O)C1O. The molecule has 9 amide bonds. The van der Waals surface area contributed by atoms with E-state index in [-0.39, 0.29) is 117 Å². The molecule has 4 aliphatic rings. The molecule has 0 saturated carbocycles. The van der Waals surface area contributed by atoms with Crippen molar-refractivity contribution in [1.29, 1.82) is 0 Å². The largest absolute Gasteiger partial charge is 0.394 e. The van der Waals surface area contributed by atoms with Crippen molar-refractivity contribution in [2.45, 2.75) is 266 Å². The molecule has 4 aliphatic heterocycles. The second-order valence-electron chi connectivity index (χ2n) is 27.6. The number of carbonyl (C=O) groups is 9. The molecule has 107 heavy (non-hydrogen) atoms. The van der Waals surface area contributed by atoms with Crippen LogP contribution in [-0.2, 0) is 95.3 Å². The fourth-order valence-corrected chi connectivity index (χ4v) is 11.9. The van der Waals surface area contributed by atoms with Crippen molar-refractivity contribution in [3.8, 4) is 0 Å². The molecule has 19 N–H and O–H groups in total. The predicted molar refractivity (Wildman–Crippen MR) is 372 cm³/mol. The van der Waals surface area contributed by atoms with E-state index in [9.17, 15) is 94.2 Å². The summed E-state index contributed by atoms with van der Waals surface area (Å²) in [6.45, 7) is 6.79. The van der Waals surface area contributed by atoms with E-state index >= 15 is 0 Å². The van der Waals surface area contributed by atoms with E-state index in [1.807, 2.05) is 20.8 Å². The molecule has 0 aliphatic carbocycles. The molecule has 0 spiro atoms. The molecule has 4 fully saturated rings. The standard InChI is InChI=1S/C68H121N9O30/c1-39(81)73-53-59(91)56(88)46(35-78)105-65(53)100-32-29-97-26-23-69-50(85)20-16-42(62(94)71-24-27-98-30-33-101-66-54(74-40(2)82)60(92)57(89)47(36-79)106-66)77-52(87)21-17-43(63(95)72-25-28-99-31-34-102-67-55(75-41(3)83)61(93)58(90)48(37-80)107-67)76-51(86)15-13-11-9-7-8-10-12-14-22-70-64(96)45-19-18-44(84)49(104-45)38-103-68(4,5)6/h42-49,53-61,65-67,78-80,84,88-93H,7-38H2,1-6H3,(H,69,85)(H,70,96)(H,71,94)(H,72,95)(H,73,81)(H,74,82)(H,75,83)(H,76,86)(H,77,87)/t42-,43-,44-,45-,46?,47?,48?,49+,53?,54?,55?,56?,57?,58?,59?,60?,61?,65?,66?,67?/m0/s1. The van der Waals surface area contributed by atoms with E-state index in [4.69, 9.17) is 52.1 Å². The van der Waals surface area contributed by atoms with E-state index < -0.39 is 201 Å². The minimum atomic E-state index is -1.54. The van der Waals surface area contributed by atoms with Crippen molar-refractivity contribution in [2.24, 2.45) is 0 Å². The molecule has 0 radical (unpaired) electrons. The molecule has 39 nitrogen and oxygen atoms in total. The first kappa shape index (κ1) is 93.8. The second kappa shape index (κ2) is 51.0. The van der Waals surface area contributed by atoms with Gasteiger partial charge in [0.15, 0.2) is 18.9 Å². The number of unbranched alkanes of at least 4 members (excludes halogenated alkanes) is 7. The summed E-state index contributed by atoms with van der Waals surface area (Å²) in [7, 11) is 0. The van der Waals surface area contributed by atoms with Crippen LogP contribution in [0.5, 0.6) is 0 Å². The fraction of sp³-hybridized carbons (Fsp3) is 0.868. The Labute approximate surface area is 623 Å². The lowest BCUT2D eigenvalue weighted by Gasteiger charge is -2.42. The summed E-state index contributed by atoms with van der Waals surface area (Å²) in [5.41, 5.74) is -0.419. The molecule has 0 bridgehead atoms. The zero-order chi connectivity index (χ0) is 79.0. The number of hydrogen-bond donors (Lipinski definition) is 19. The first-order chi connectivity index (χ1) is 51.0. The molecule has 4 saturated heterocycles.